The van der Waals surface area contributed by atoms with E-state index in [4.69, 9.17) is 37.0 Å². The normalized spacial score (nSPS) is 14.1. The van der Waals surface area contributed by atoms with E-state index in [-0.39, 0.29) is 25.7 Å². The lowest BCUT2D eigenvalue weighted by atomic mass is 10.0. The number of phosphoric ester groups is 2. The molecule has 0 aliphatic rings. The zero-order chi connectivity index (χ0) is 70.5. The van der Waals surface area contributed by atoms with Gasteiger partial charge < -0.3 is 33.8 Å². The summed E-state index contributed by atoms with van der Waals surface area (Å²) in [4.78, 5) is 72.8. The summed E-state index contributed by atoms with van der Waals surface area (Å²) < 4.78 is 68.5. The summed E-state index contributed by atoms with van der Waals surface area (Å²) in [6, 6.07) is 0. The zero-order valence-electron chi connectivity index (χ0n) is 62.0. The van der Waals surface area contributed by atoms with Crippen LogP contribution in [0.1, 0.15) is 381 Å². The second-order valence-electron chi connectivity index (χ2n) is 27.5. The molecule has 0 bridgehead atoms. The van der Waals surface area contributed by atoms with Gasteiger partial charge in [-0.3, -0.25) is 37.3 Å². The van der Waals surface area contributed by atoms with E-state index in [1.54, 1.807) is 0 Å². The topological polar surface area (TPSA) is 237 Å². The van der Waals surface area contributed by atoms with E-state index in [1.165, 1.54) is 180 Å². The van der Waals surface area contributed by atoms with Crippen LogP contribution in [-0.2, 0) is 65.4 Å². The van der Waals surface area contributed by atoms with Crippen LogP contribution in [0.15, 0.2) is 24.3 Å². The molecule has 0 saturated carbocycles. The Balaban J connectivity index is 5.28. The number of ether oxygens (including phenoxy) is 4. The average molecular weight is 1410 g/mol. The van der Waals surface area contributed by atoms with E-state index in [2.05, 4.69) is 58.9 Å². The fourth-order valence-electron chi connectivity index (χ4n) is 11.3. The number of aliphatic hydroxyl groups is 1. The first-order valence-electron chi connectivity index (χ1n) is 39.5. The Morgan fingerprint density at radius 2 is 0.562 bits per heavy atom. The lowest BCUT2D eigenvalue weighted by molar-refractivity contribution is -0.161. The van der Waals surface area contributed by atoms with E-state index in [9.17, 15) is 43.2 Å². The third-order valence-corrected chi connectivity index (χ3v) is 19.3. The number of carbonyl (C=O) groups is 4. The molecular formula is C77H146O17P2. The van der Waals surface area contributed by atoms with Gasteiger partial charge in [-0.15, -0.1) is 0 Å². The smallest absolute Gasteiger partial charge is 0.462 e. The molecule has 566 valence electrons. The Labute approximate surface area is 586 Å². The van der Waals surface area contributed by atoms with Crippen molar-refractivity contribution in [1.82, 2.24) is 0 Å². The average Bonchev–Trinajstić information content (AvgIpc) is 3.38. The van der Waals surface area contributed by atoms with Crippen molar-refractivity contribution in [2.24, 2.45) is 5.92 Å². The molecule has 0 aromatic heterocycles. The summed E-state index contributed by atoms with van der Waals surface area (Å²) >= 11 is 0. The maximum absolute atomic E-state index is 13.1. The van der Waals surface area contributed by atoms with Crippen molar-refractivity contribution in [3.05, 3.63) is 24.3 Å². The van der Waals surface area contributed by atoms with Crippen molar-refractivity contribution in [3.8, 4) is 0 Å². The summed E-state index contributed by atoms with van der Waals surface area (Å²) in [5.41, 5.74) is 0. The van der Waals surface area contributed by atoms with E-state index >= 15 is 0 Å². The second kappa shape index (κ2) is 69.6. The molecule has 0 aromatic rings. The van der Waals surface area contributed by atoms with Gasteiger partial charge in [-0.2, -0.15) is 0 Å². The van der Waals surface area contributed by atoms with Gasteiger partial charge in [0.25, 0.3) is 0 Å². The van der Waals surface area contributed by atoms with Gasteiger partial charge in [0, 0.05) is 25.7 Å². The first-order valence-corrected chi connectivity index (χ1v) is 42.4. The number of allylic oxidation sites excluding steroid dienone is 4. The minimum absolute atomic E-state index is 0.102. The zero-order valence-corrected chi connectivity index (χ0v) is 63.8. The van der Waals surface area contributed by atoms with Gasteiger partial charge in [-0.25, -0.2) is 9.13 Å². The molecule has 0 fully saturated rings. The van der Waals surface area contributed by atoms with Crippen molar-refractivity contribution in [2.75, 3.05) is 39.6 Å². The van der Waals surface area contributed by atoms with Gasteiger partial charge in [0.15, 0.2) is 12.2 Å². The molecule has 0 aliphatic heterocycles. The summed E-state index contributed by atoms with van der Waals surface area (Å²) in [6.45, 7) is 7.18. The van der Waals surface area contributed by atoms with Crippen LogP contribution in [-0.4, -0.2) is 96.7 Å². The van der Waals surface area contributed by atoms with Crippen LogP contribution in [0.4, 0.5) is 0 Å². The van der Waals surface area contributed by atoms with Gasteiger partial charge in [0.2, 0.25) is 0 Å². The van der Waals surface area contributed by atoms with Crippen LogP contribution in [0.5, 0.6) is 0 Å². The molecule has 96 heavy (non-hydrogen) atoms. The molecule has 0 amide bonds. The Kier molecular flexibility index (Phi) is 67.8. The molecule has 3 N–H and O–H groups in total. The Hall–Kier alpha value is -2.46. The maximum atomic E-state index is 13.1. The highest BCUT2D eigenvalue weighted by Gasteiger charge is 2.30. The molecule has 0 saturated heterocycles. The molecule has 0 spiro atoms. The molecule has 0 rings (SSSR count). The van der Waals surface area contributed by atoms with Gasteiger partial charge >= 0.3 is 39.5 Å². The molecular weight excluding hydrogens is 1260 g/mol. The van der Waals surface area contributed by atoms with E-state index in [0.29, 0.717) is 31.6 Å². The minimum atomic E-state index is -4.96. The summed E-state index contributed by atoms with van der Waals surface area (Å²) in [6.07, 6.45) is 61.8. The number of aliphatic hydroxyl groups excluding tert-OH is 1. The standard InChI is InChI=1S/C77H146O17P2/c1-6-9-12-15-18-21-24-27-30-31-33-36-39-42-47-53-58-63-76(81)93-72(66-87-74(79)60-55-50-45-40-37-35-32-28-25-22-19-16-13-10-7-2)68-91-95(83,84)89-64-71(78)65-90-96(85,86)92-69-73(67-88-75(80)61-56-51-48-43-44-49-54-59-70(4)5)94-77(82)62-57-52-46-41-38-34-29-26-23-20-17-14-11-8-3/h22,25,28,32,70-73,78H,6-21,23-24,26-27,29-31,33-69H2,1-5H3,(H,83,84)(H,85,86)/b25-22-,32-28-/t71-,72-,73-/m1/s1. The number of unbranched alkanes of at least 4 members (excludes halogenated alkanes) is 44. The minimum Gasteiger partial charge on any atom is -0.462 e. The molecule has 2 unspecified atom stereocenters. The number of rotatable bonds is 75. The highest BCUT2D eigenvalue weighted by atomic mass is 31.2. The lowest BCUT2D eigenvalue weighted by Gasteiger charge is -2.21. The first-order chi connectivity index (χ1) is 46.5. The van der Waals surface area contributed by atoms with Crippen molar-refractivity contribution < 1.29 is 80.2 Å². The van der Waals surface area contributed by atoms with Crippen molar-refractivity contribution >= 4 is 39.5 Å². The van der Waals surface area contributed by atoms with Gasteiger partial charge in [0.1, 0.15) is 19.3 Å². The highest BCUT2D eigenvalue weighted by molar-refractivity contribution is 7.47. The second-order valence-corrected chi connectivity index (χ2v) is 30.4. The van der Waals surface area contributed by atoms with Crippen LogP contribution in [0.25, 0.3) is 0 Å². The molecule has 0 aromatic carbocycles. The Morgan fingerprint density at radius 3 is 0.854 bits per heavy atom. The highest BCUT2D eigenvalue weighted by Crippen LogP contribution is 2.45. The summed E-state index contributed by atoms with van der Waals surface area (Å²) in [5, 5.41) is 10.6. The molecule has 17 nitrogen and oxygen atoms in total. The maximum Gasteiger partial charge on any atom is 0.472 e. The summed E-state index contributed by atoms with van der Waals surface area (Å²) in [7, 11) is -9.92. The lowest BCUT2D eigenvalue weighted by Crippen LogP contribution is -2.30. The number of hydrogen-bond acceptors (Lipinski definition) is 15. The third kappa shape index (κ3) is 70.0. The monoisotopic (exact) mass is 1410 g/mol. The number of carbonyl (C=O) groups excluding carboxylic acids is 4. The van der Waals surface area contributed by atoms with Crippen molar-refractivity contribution in [3.63, 3.8) is 0 Å². The van der Waals surface area contributed by atoms with Crippen molar-refractivity contribution in [2.45, 2.75) is 400 Å². The van der Waals surface area contributed by atoms with Gasteiger partial charge in [-0.05, 0) is 57.3 Å². The summed E-state index contributed by atoms with van der Waals surface area (Å²) in [5.74, 6) is -1.44. The fraction of sp³-hybridized carbons (Fsp3) is 0.896. The van der Waals surface area contributed by atoms with Crippen LogP contribution < -0.4 is 0 Å². The quantitative estimate of drug-likeness (QED) is 0.0169. The van der Waals surface area contributed by atoms with Crippen molar-refractivity contribution in [1.29, 1.82) is 0 Å². The molecule has 5 atom stereocenters. The fourth-order valence-corrected chi connectivity index (χ4v) is 12.9. The van der Waals surface area contributed by atoms with Crippen LogP contribution >= 0.6 is 15.6 Å². The predicted molar refractivity (Wildman–Crippen MR) is 391 cm³/mol. The molecule has 0 radical (unpaired) electrons. The number of hydrogen-bond donors (Lipinski definition) is 3. The Bertz CT molecular complexity index is 1930. The number of phosphoric acid groups is 2. The first kappa shape index (κ1) is 93.5. The van der Waals surface area contributed by atoms with Crippen LogP contribution in [0, 0.1) is 5.92 Å². The SMILES string of the molecule is CCCCCC/C=C\C=C/CCCCCCCC(=O)OC[C@H](COP(=O)(O)OC[C@@H](O)COP(=O)(O)OC[C@@H](COC(=O)CCCCCCCCCC(C)C)OC(=O)CCCCCCCCCCCCCCCC)OC(=O)CCCCCCCCCCCCCCCCCCC. The molecule has 0 aliphatic carbocycles. The van der Waals surface area contributed by atoms with Crippen LogP contribution in [0.2, 0.25) is 0 Å². The van der Waals surface area contributed by atoms with Crippen LogP contribution in [0.3, 0.4) is 0 Å². The van der Waals surface area contributed by atoms with E-state index in [1.807, 2.05) is 0 Å². The van der Waals surface area contributed by atoms with E-state index < -0.39 is 97.5 Å². The number of esters is 4. The van der Waals surface area contributed by atoms with Gasteiger partial charge in [-0.1, -0.05) is 329 Å². The third-order valence-electron chi connectivity index (χ3n) is 17.4. The van der Waals surface area contributed by atoms with E-state index in [0.717, 1.165) is 116 Å². The molecule has 0 heterocycles. The largest absolute Gasteiger partial charge is 0.472 e. The molecule has 19 heteroatoms. The Morgan fingerprint density at radius 1 is 0.323 bits per heavy atom. The predicted octanol–water partition coefficient (Wildman–Crippen LogP) is 22.4. The van der Waals surface area contributed by atoms with Gasteiger partial charge in [0.05, 0.1) is 26.4 Å².